The first-order valence-electron chi connectivity index (χ1n) is 10.4. The van der Waals surface area contributed by atoms with Crippen molar-refractivity contribution in [2.75, 3.05) is 13.1 Å². The molecule has 2 aliphatic rings. The lowest BCUT2D eigenvalue weighted by Crippen LogP contribution is -2.49. The predicted molar refractivity (Wildman–Crippen MR) is 111 cm³/mol. The molecule has 1 atom stereocenters. The molecule has 30 heavy (non-hydrogen) atoms. The Balaban J connectivity index is 1.62. The molecular weight excluding hydrogens is 384 g/mol. The van der Waals surface area contributed by atoms with Crippen molar-refractivity contribution in [2.24, 2.45) is 5.92 Å². The maximum Gasteiger partial charge on any atom is 0.269 e. The number of carbonyl (C=O) groups is 2. The van der Waals surface area contributed by atoms with E-state index in [1.807, 2.05) is 32.2 Å². The fourth-order valence-electron chi connectivity index (χ4n) is 4.10. The van der Waals surface area contributed by atoms with Crippen LogP contribution in [0.25, 0.3) is 0 Å². The molecule has 1 aliphatic carbocycles. The van der Waals surface area contributed by atoms with Gasteiger partial charge in [-0.05, 0) is 56.5 Å². The fourth-order valence-corrected chi connectivity index (χ4v) is 4.10. The molecule has 1 aromatic heterocycles. The molecule has 2 heterocycles. The topological polar surface area (TPSA) is 88.7 Å². The standard InChI is InChI=1S/C22H26N4O4/c1-15(2)25(22(28)17-5-6-17)14-20(27)24-13-12-23-11-3-4-19(23)21(24)16-7-9-18(10-8-16)26(29)30/h3-4,7-11,15,17,21H,5-6,12-14H2,1-2H3. The van der Waals surface area contributed by atoms with E-state index < -0.39 is 4.92 Å². The minimum absolute atomic E-state index is 0.0174. The molecule has 158 valence electrons. The van der Waals surface area contributed by atoms with E-state index in [-0.39, 0.29) is 42.0 Å². The first-order valence-corrected chi connectivity index (χ1v) is 10.4. The number of hydrogen-bond donors (Lipinski definition) is 0. The highest BCUT2D eigenvalue weighted by molar-refractivity contribution is 5.87. The van der Waals surface area contributed by atoms with Crippen molar-refractivity contribution in [3.05, 3.63) is 64.0 Å². The molecule has 0 N–H and O–H groups in total. The number of nitrogens with zero attached hydrogens (tertiary/aromatic N) is 4. The highest BCUT2D eigenvalue weighted by Crippen LogP contribution is 2.34. The van der Waals surface area contributed by atoms with E-state index in [9.17, 15) is 19.7 Å². The Bertz CT molecular complexity index is 962. The largest absolute Gasteiger partial charge is 0.348 e. The number of nitro benzene ring substituents is 1. The number of nitro groups is 1. The quantitative estimate of drug-likeness (QED) is 0.541. The number of carbonyl (C=O) groups excluding carboxylic acids is 2. The molecule has 0 spiro atoms. The third-order valence-corrected chi connectivity index (χ3v) is 5.92. The molecule has 1 aliphatic heterocycles. The Morgan fingerprint density at radius 3 is 2.47 bits per heavy atom. The molecule has 0 radical (unpaired) electrons. The number of fused-ring (bicyclic) bond motifs is 1. The Morgan fingerprint density at radius 2 is 1.87 bits per heavy atom. The molecule has 1 fully saturated rings. The maximum atomic E-state index is 13.4. The minimum atomic E-state index is -0.430. The molecular formula is C22H26N4O4. The Hall–Kier alpha value is -3.16. The first kappa shape index (κ1) is 20.1. The summed E-state index contributed by atoms with van der Waals surface area (Å²) >= 11 is 0. The molecule has 1 aromatic carbocycles. The molecule has 0 bridgehead atoms. The van der Waals surface area contributed by atoms with Gasteiger partial charge in [-0.2, -0.15) is 0 Å². The Morgan fingerprint density at radius 1 is 1.17 bits per heavy atom. The molecule has 1 unspecified atom stereocenters. The van der Waals surface area contributed by atoms with Crippen LogP contribution in [-0.2, 0) is 16.1 Å². The van der Waals surface area contributed by atoms with Gasteiger partial charge in [-0.25, -0.2) is 0 Å². The van der Waals surface area contributed by atoms with Crippen LogP contribution in [0.2, 0.25) is 0 Å². The lowest BCUT2D eigenvalue weighted by atomic mass is 9.99. The molecule has 8 heteroatoms. The number of benzene rings is 1. The van der Waals surface area contributed by atoms with E-state index in [1.165, 1.54) is 12.1 Å². The lowest BCUT2D eigenvalue weighted by molar-refractivity contribution is -0.384. The van der Waals surface area contributed by atoms with Crippen molar-refractivity contribution in [2.45, 2.75) is 45.3 Å². The van der Waals surface area contributed by atoms with Crippen LogP contribution >= 0.6 is 0 Å². The van der Waals surface area contributed by atoms with E-state index in [4.69, 9.17) is 0 Å². The Kier molecular flexibility index (Phi) is 5.32. The normalized spacial score (nSPS) is 18.2. The van der Waals surface area contributed by atoms with Crippen LogP contribution in [0.3, 0.4) is 0 Å². The van der Waals surface area contributed by atoms with E-state index in [1.54, 1.807) is 21.9 Å². The molecule has 0 saturated heterocycles. The van der Waals surface area contributed by atoms with Gasteiger partial charge in [-0.3, -0.25) is 19.7 Å². The van der Waals surface area contributed by atoms with E-state index in [0.717, 1.165) is 24.1 Å². The van der Waals surface area contributed by atoms with Crippen molar-refractivity contribution in [3.63, 3.8) is 0 Å². The van der Waals surface area contributed by atoms with Crippen molar-refractivity contribution in [1.29, 1.82) is 0 Å². The molecule has 8 nitrogen and oxygen atoms in total. The molecule has 1 saturated carbocycles. The van der Waals surface area contributed by atoms with Gasteiger partial charge in [0.25, 0.3) is 5.69 Å². The summed E-state index contributed by atoms with van der Waals surface area (Å²) in [6, 6.07) is 9.89. The van der Waals surface area contributed by atoms with Gasteiger partial charge < -0.3 is 14.4 Å². The van der Waals surface area contributed by atoms with Crippen LogP contribution in [0.1, 0.15) is 44.0 Å². The van der Waals surface area contributed by atoms with Gasteiger partial charge in [0, 0.05) is 49.1 Å². The monoisotopic (exact) mass is 410 g/mol. The third kappa shape index (κ3) is 3.81. The average molecular weight is 410 g/mol. The highest BCUT2D eigenvalue weighted by Gasteiger charge is 2.38. The first-order chi connectivity index (χ1) is 14.4. The van der Waals surface area contributed by atoms with Crippen molar-refractivity contribution in [3.8, 4) is 0 Å². The SMILES string of the molecule is CC(C)N(CC(=O)N1CCn2cccc2C1c1ccc([N+](=O)[O-])cc1)C(=O)C1CC1. The number of non-ortho nitro benzene ring substituents is 1. The summed E-state index contributed by atoms with van der Waals surface area (Å²) in [7, 11) is 0. The average Bonchev–Trinajstić information content (AvgIpc) is 3.47. The zero-order valence-electron chi connectivity index (χ0n) is 17.2. The van der Waals surface area contributed by atoms with Crippen LogP contribution in [0.4, 0.5) is 5.69 Å². The summed E-state index contributed by atoms with van der Waals surface area (Å²) in [5.74, 6) is 0.0170. The van der Waals surface area contributed by atoms with Gasteiger partial charge in [0.2, 0.25) is 11.8 Å². The van der Waals surface area contributed by atoms with Crippen molar-refractivity contribution >= 4 is 17.5 Å². The number of amides is 2. The van der Waals surface area contributed by atoms with Crippen molar-refractivity contribution in [1.82, 2.24) is 14.4 Å². The van der Waals surface area contributed by atoms with E-state index in [0.29, 0.717) is 13.1 Å². The van der Waals surface area contributed by atoms with E-state index in [2.05, 4.69) is 4.57 Å². The van der Waals surface area contributed by atoms with Crippen LogP contribution in [0, 0.1) is 16.0 Å². The summed E-state index contributed by atoms with van der Waals surface area (Å²) in [5, 5.41) is 11.0. The van der Waals surface area contributed by atoms with Gasteiger partial charge in [-0.15, -0.1) is 0 Å². The van der Waals surface area contributed by atoms with Gasteiger partial charge in [0.05, 0.1) is 11.0 Å². The van der Waals surface area contributed by atoms with Crippen LogP contribution in [0.15, 0.2) is 42.6 Å². The van der Waals surface area contributed by atoms with Gasteiger partial charge >= 0.3 is 0 Å². The summed E-state index contributed by atoms with van der Waals surface area (Å²) in [5.41, 5.74) is 1.80. The second-order valence-electron chi connectivity index (χ2n) is 8.30. The smallest absolute Gasteiger partial charge is 0.269 e. The highest BCUT2D eigenvalue weighted by atomic mass is 16.6. The Labute approximate surface area is 175 Å². The maximum absolute atomic E-state index is 13.4. The lowest BCUT2D eigenvalue weighted by Gasteiger charge is -2.39. The number of hydrogen-bond acceptors (Lipinski definition) is 4. The summed E-state index contributed by atoms with van der Waals surface area (Å²) in [6.07, 6.45) is 3.78. The van der Waals surface area contributed by atoms with Crippen molar-refractivity contribution < 1.29 is 14.5 Å². The fraction of sp³-hybridized carbons (Fsp3) is 0.455. The van der Waals surface area contributed by atoms with Gasteiger partial charge in [0.1, 0.15) is 6.54 Å². The summed E-state index contributed by atoms with van der Waals surface area (Å²) in [4.78, 5) is 40.1. The molecule has 2 amide bonds. The summed E-state index contributed by atoms with van der Waals surface area (Å²) < 4.78 is 2.10. The van der Waals surface area contributed by atoms with Crippen LogP contribution < -0.4 is 0 Å². The van der Waals surface area contributed by atoms with E-state index >= 15 is 0 Å². The molecule has 4 rings (SSSR count). The minimum Gasteiger partial charge on any atom is -0.348 e. The number of rotatable bonds is 6. The van der Waals surface area contributed by atoms with Gasteiger partial charge in [0.15, 0.2) is 0 Å². The van der Waals surface area contributed by atoms with Gasteiger partial charge in [-0.1, -0.05) is 0 Å². The van der Waals surface area contributed by atoms with Crippen LogP contribution in [-0.4, -0.2) is 50.2 Å². The third-order valence-electron chi connectivity index (χ3n) is 5.92. The second kappa shape index (κ2) is 7.93. The number of aromatic nitrogens is 1. The van der Waals surface area contributed by atoms with Crippen LogP contribution in [0.5, 0.6) is 0 Å². The second-order valence-corrected chi connectivity index (χ2v) is 8.30. The zero-order valence-corrected chi connectivity index (χ0v) is 17.2. The zero-order chi connectivity index (χ0) is 21.4. The molecule has 2 aromatic rings. The summed E-state index contributed by atoms with van der Waals surface area (Å²) in [6.45, 7) is 5.12. The predicted octanol–water partition coefficient (Wildman–Crippen LogP) is 2.97.